The maximum Gasteiger partial charge on any atom is 0.306 e. The molecule has 1 saturated heterocycles. The monoisotopic (exact) mass is 359 g/mol. The first-order valence-electron chi connectivity index (χ1n) is 8.22. The van der Waals surface area contributed by atoms with E-state index in [1.54, 1.807) is 24.3 Å². The van der Waals surface area contributed by atoms with E-state index >= 15 is 0 Å². The Bertz CT molecular complexity index is 831. The van der Waals surface area contributed by atoms with E-state index in [9.17, 15) is 13.2 Å². The molecule has 0 aromatic heterocycles. The maximum absolute atomic E-state index is 12.6. The Balaban J connectivity index is 1.78. The minimum atomic E-state index is -3.66. The summed E-state index contributed by atoms with van der Waals surface area (Å²) in [4.78, 5) is 11.9. The fraction of sp³-hybridized carbons (Fsp3) is 0.316. The van der Waals surface area contributed by atoms with Crippen LogP contribution in [0.3, 0.4) is 0 Å². The number of aryl methyl sites for hydroxylation is 1. The van der Waals surface area contributed by atoms with Crippen LogP contribution in [0.4, 0.5) is 0 Å². The van der Waals surface area contributed by atoms with Crippen molar-refractivity contribution in [2.24, 2.45) is 5.92 Å². The number of esters is 1. The fourth-order valence-electron chi connectivity index (χ4n) is 2.98. The van der Waals surface area contributed by atoms with Crippen molar-refractivity contribution in [1.29, 1.82) is 0 Å². The van der Waals surface area contributed by atoms with Gasteiger partial charge < -0.3 is 4.74 Å². The molecule has 0 aliphatic carbocycles. The highest BCUT2D eigenvalue weighted by Gasteiger charge is 2.34. The summed E-state index contributed by atoms with van der Waals surface area (Å²) >= 11 is 0. The lowest BCUT2D eigenvalue weighted by atomic mass is 9.89. The summed E-state index contributed by atoms with van der Waals surface area (Å²) in [7, 11) is -3.66. The molecule has 132 valence electrons. The Morgan fingerprint density at radius 2 is 1.76 bits per heavy atom. The molecule has 2 aromatic rings. The van der Waals surface area contributed by atoms with Gasteiger partial charge in [0.05, 0.1) is 17.4 Å². The van der Waals surface area contributed by atoms with Gasteiger partial charge in [-0.2, -0.15) is 0 Å². The second kappa shape index (κ2) is 7.37. The highest BCUT2D eigenvalue weighted by molar-refractivity contribution is 7.89. The average molecular weight is 359 g/mol. The van der Waals surface area contributed by atoms with E-state index in [1.807, 2.05) is 37.3 Å². The number of cyclic esters (lactones) is 1. The third kappa shape index (κ3) is 4.46. The molecular weight excluding hydrogens is 338 g/mol. The van der Waals surface area contributed by atoms with Gasteiger partial charge in [0.1, 0.15) is 6.61 Å². The van der Waals surface area contributed by atoms with Gasteiger partial charge in [-0.15, -0.1) is 0 Å². The molecule has 0 saturated carbocycles. The summed E-state index contributed by atoms with van der Waals surface area (Å²) in [5.41, 5.74) is 2.06. The summed E-state index contributed by atoms with van der Waals surface area (Å²) in [5.74, 6) is -0.421. The molecule has 6 heteroatoms. The normalized spacial score (nSPS) is 20.9. The zero-order valence-corrected chi connectivity index (χ0v) is 14.8. The van der Waals surface area contributed by atoms with Crippen molar-refractivity contribution in [3.8, 4) is 0 Å². The van der Waals surface area contributed by atoms with Crippen LogP contribution in [0.5, 0.6) is 0 Å². The van der Waals surface area contributed by atoms with E-state index in [4.69, 9.17) is 4.74 Å². The van der Waals surface area contributed by atoms with Crippen molar-refractivity contribution in [2.75, 3.05) is 6.61 Å². The van der Waals surface area contributed by atoms with Crippen LogP contribution in [0.15, 0.2) is 59.5 Å². The summed E-state index contributed by atoms with van der Waals surface area (Å²) in [6, 6.07) is 16.0. The molecule has 0 radical (unpaired) electrons. The van der Waals surface area contributed by atoms with Crippen molar-refractivity contribution in [1.82, 2.24) is 4.72 Å². The molecule has 0 spiro atoms. The molecule has 1 fully saturated rings. The van der Waals surface area contributed by atoms with Crippen molar-refractivity contribution in [2.45, 2.75) is 30.7 Å². The number of carbonyl (C=O) groups is 1. The van der Waals surface area contributed by atoms with E-state index in [1.165, 1.54) is 0 Å². The maximum atomic E-state index is 12.6. The van der Waals surface area contributed by atoms with Crippen LogP contribution < -0.4 is 4.72 Å². The standard InChI is InChI=1S/C19H21NO4S/c1-14-7-9-17(10-8-14)25(22,23)20-18-13-24-19(21)12-16(18)11-15-5-3-2-4-6-15/h2-10,16,18,20H,11-13H2,1H3/t16-,18+/m0/s1. The van der Waals surface area contributed by atoms with Gasteiger partial charge in [0.15, 0.2) is 0 Å². The Hall–Kier alpha value is -2.18. The first-order valence-corrected chi connectivity index (χ1v) is 9.71. The van der Waals surface area contributed by atoms with Gasteiger partial charge in [-0.25, -0.2) is 13.1 Å². The Morgan fingerprint density at radius 1 is 1.08 bits per heavy atom. The highest BCUT2D eigenvalue weighted by Crippen LogP contribution is 2.23. The second-order valence-corrected chi connectivity index (χ2v) is 8.09. The quantitative estimate of drug-likeness (QED) is 0.833. The van der Waals surface area contributed by atoms with Gasteiger partial charge in [-0.3, -0.25) is 4.79 Å². The summed E-state index contributed by atoms with van der Waals surface area (Å²) in [6.07, 6.45) is 0.826. The Morgan fingerprint density at radius 3 is 2.44 bits per heavy atom. The molecular formula is C19H21NO4S. The van der Waals surface area contributed by atoms with Crippen molar-refractivity contribution in [3.63, 3.8) is 0 Å². The van der Waals surface area contributed by atoms with Crippen LogP contribution in [0.1, 0.15) is 17.5 Å². The molecule has 0 bridgehead atoms. The van der Waals surface area contributed by atoms with Crippen LogP contribution in [-0.2, 0) is 26.0 Å². The van der Waals surface area contributed by atoms with Crippen LogP contribution in [0.2, 0.25) is 0 Å². The molecule has 25 heavy (non-hydrogen) atoms. The minimum Gasteiger partial charge on any atom is -0.464 e. The fourth-order valence-corrected chi connectivity index (χ4v) is 4.27. The number of hydrogen-bond donors (Lipinski definition) is 1. The zero-order valence-electron chi connectivity index (χ0n) is 14.0. The minimum absolute atomic E-state index is 0.0570. The van der Waals surface area contributed by atoms with Gasteiger partial charge in [-0.1, -0.05) is 48.0 Å². The van der Waals surface area contributed by atoms with Crippen LogP contribution >= 0.6 is 0 Å². The SMILES string of the molecule is Cc1ccc(S(=O)(=O)N[C@@H]2COC(=O)C[C@@H]2Cc2ccccc2)cc1. The largest absolute Gasteiger partial charge is 0.464 e. The summed E-state index contributed by atoms with van der Waals surface area (Å²) < 4.78 is 33.1. The number of nitrogens with one attached hydrogen (secondary N) is 1. The third-order valence-corrected chi connectivity index (χ3v) is 5.91. The van der Waals surface area contributed by atoms with Crippen molar-refractivity contribution < 1.29 is 17.9 Å². The highest BCUT2D eigenvalue weighted by atomic mass is 32.2. The van der Waals surface area contributed by atoms with Crippen LogP contribution in [0, 0.1) is 12.8 Å². The molecule has 1 N–H and O–H groups in total. The van der Waals surface area contributed by atoms with E-state index in [2.05, 4.69) is 4.72 Å². The lowest BCUT2D eigenvalue weighted by molar-refractivity contribution is -0.150. The first-order chi connectivity index (χ1) is 11.9. The Labute approximate surface area is 148 Å². The molecule has 2 aromatic carbocycles. The second-order valence-electron chi connectivity index (χ2n) is 6.38. The molecule has 0 amide bonds. The molecule has 5 nitrogen and oxygen atoms in total. The van der Waals surface area contributed by atoms with Gasteiger partial charge in [0.2, 0.25) is 10.0 Å². The molecule has 1 aliphatic heterocycles. The average Bonchev–Trinajstić information content (AvgIpc) is 2.58. The number of rotatable bonds is 5. The number of carbonyl (C=O) groups excluding carboxylic acids is 1. The van der Waals surface area contributed by atoms with Crippen LogP contribution in [0.25, 0.3) is 0 Å². The van der Waals surface area contributed by atoms with E-state index in [0.29, 0.717) is 6.42 Å². The number of hydrogen-bond acceptors (Lipinski definition) is 4. The first kappa shape index (κ1) is 17.6. The predicted octanol–water partition coefficient (Wildman–Crippen LogP) is 2.45. The summed E-state index contributed by atoms with van der Waals surface area (Å²) in [6.45, 7) is 1.96. The van der Waals surface area contributed by atoms with Gasteiger partial charge in [0.25, 0.3) is 0 Å². The topological polar surface area (TPSA) is 72.5 Å². The van der Waals surface area contributed by atoms with E-state index < -0.39 is 16.1 Å². The van der Waals surface area contributed by atoms with Crippen molar-refractivity contribution >= 4 is 16.0 Å². The van der Waals surface area contributed by atoms with Crippen molar-refractivity contribution in [3.05, 3.63) is 65.7 Å². The van der Waals surface area contributed by atoms with E-state index in [0.717, 1.165) is 11.1 Å². The third-order valence-electron chi connectivity index (χ3n) is 4.40. The molecule has 1 aliphatic rings. The lowest BCUT2D eigenvalue weighted by Gasteiger charge is -2.31. The molecule has 2 atom stereocenters. The smallest absolute Gasteiger partial charge is 0.306 e. The van der Waals surface area contributed by atoms with Gasteiger partial charge >= 0.3 is 5.97 Å². The van der Waals surface area contributed by atoms with Crippen LogP contribution in [-0.4, -0.2) is 27.0 Å². The summed E-state index contributed by atoms with van der Waals surface area (Å²) in [5, 5.41) is 0. The predicted molar refractivity (Wildman–Crippen MR) is 94.5 cm³/mol. The number of ether oxygens (including phenoxy) is 1. The number of sulfonamides is 1. The Kier molecular flexibility index (Phi) is 5.20. The van der Waals surface area contributed by atoms with Gasteiger partial charge in [-0.05, 0) is 37.0 Å². The lowest BCUT2D eigenvalue weighted by Crippen LogP contribution is -2.48. The molecule has 3 rings (SSSR count). The molecule has 1 heterocycles. The number of benzene rings is 2. The zero-order chi connectivity index (χ0) is 17.9. The van der Waals surface area contributed by atoms with E-state index in [-0.39, 0.29) is 29.8 Å². The van der Waals surface area contributed by atoms with Gasteiger partial charge in [0, 0.05) is 0 Å². The molecule has 0 unspecified atom stereocenters.